The Hall–Kier alpha value is -2.60. The highest BCUT2D eigenvalue weighted by atomic mass is 16.5. The monoisotopic (exact) mass is 411 g/mol. The number of nitrogens with zero attached hydrogens (tertiary/aromatic N) is 2. The molecule has 0 saturated carbocycles. The molecule has 0 aliphatic carbocycles. The van der Waals surface area contributed by atoms with Crippen molar-refractivity contribution in [2.75, 3.05) is 26.2 Å². The topological polar surface area (TPSA) is 63.7 Å². The zero-order valence-electron chi connectivity index (χ0n) is 17.9. The molecular formula is C24H33N3O3. The predicted molar refractivity (Wildman–Crippen MR) is 118 cm³/mol. The quantitative estimate of drug-likeness (QED) is 0.570. The lowest BCUT2D eigenvalue weighted by Crippen LogP contribution is -2.36. The number of amides is 1. The Morgan fingerprint density at radius 3 is 3.00 bits per heavy atom. The number of aromatic nitrogens is 1. The zero-order chi connectivity index (χ0) is 21.0. The van der Waals surface area contributed by atoms with Crippen LogP contribution in [0.3, 0.4) is 0 Å². The van der Waals surface area contributed by atoms with Crippen LogP contribution < -0.4 is 14.8 Å². The van der Waals surface area contributed by atoms with E-state index in [9.17, 15) is 4.79 Å². The van der Waals surface area contributed by atoms with Crippen LogP contribution in [-0.2, 0) is 11.3 Å². The summed E-state index contributed by atoms with van der Waals surface area (Å²) in [6.45, 7) is 5.80. The Labute approximate surface area is 179 Å². The lowest BCUT2D eigenvalue weighted by molar-refractivity contribution is -0.121. The number of hydrogen-bond acceptors (Lipinski definition) is 5. The van der Waals surface area contributed by atoms with Gasteiger partial charge in [0.05, 0.1) is 12.8 Å². The van der Waals surface area contributed by atoms with Crippen molar-refractivity contribution in [3.63, 3.8) is 0 Å². The van der Waals surface area contributed by atoms with Crippen LogP contribution in [0, 0.1) is 0 Å². The highest BCUT2D eigenvalue weighted by Crippen LogP contribution is 2.26. The van der Waals surface area contributed by atoms with E-state index in [2.05, 4.69) is 34.3 Å². The molecule has 0 radical (unpaired) electrons. The summed E-state index contributed by atoms with van der Waals surface area (Å²) in [5, 5.41) is 3.00. The van der Waals surface area contributed by atoms with Crippen LogP contribution in [0.2, 0.25) is 0 Å². The van der Waals surface area contributed by atoms with Gasteiger partial charge in [-0.15, -0.1) is 0 Å². The van der Waals surface area contributed by atoms with Gasteiger partial charge in [0.25, 0.3) is 0 Å². The molecule has 1 aromatic carbocycles. The second-order valence-corrected chi connectivity index (χ2v) is 7.72. The summed E-state index contributed by atoms with van der Waals surface area (Å²) in [6, 6.07) is 12.0. The van der Waals surface area contributed by atoms with E-state index < -0.39 is 0 Å². The van der Waals surface area contributed by atoms with Gasteiger partial charge in [0.15, 0.2) is 0 Å². The van der Waals surface area contributed by atoms with Gasteiger partial charge in [0.2, 0.25) is 5.91 Å². The Morgan fingerprint density at radius 2 is 2.17 bits per heavy atom. The molecule has 0 bridgehead atoms. The van der Waals surface area contributed by atoms with Gasteiger partial charge in [-0.2, -0.15) is 0 Å². The number of carbonyl (C=O) groups excluding carboxylic acids is 1. The molecule has 162 valence electrons. The Morgan fingerprint density at radius 1 is 1.27 bits per heavy atom. The van der Waals surface area contributed by atoms with Gasteiger partial charge in [-0.3, -0.25) is 14.7 Å². The molecule has 0 saturated heterocycles. The number of hydrogen-bond donors (Lipinski definition) is 1. The van der Waals surface area contributed by atoms with Crippen LogP contribution in [0.1, 0.15) is 44.6 Å². The van der Waals surface area contributed by atoms with Gasteiger partial charge in [0.1, 0.15) is 17.6 Å². The van der Waals surface area contributed by atoms with Crippen molar-refractivity contribution in [3.8, 4) is 11.5 Å². The molecule has 2 heterocycles. The molecule has 0 spiro atoms. The fourth-order valence-corrected chi connectivity index (χ4v) is 3.58. The van der Waals surface area contributed by atoms with E-state index >= 15 is 0 Å². The second-order valence-electron chi connectivity index (χ2n) is 7.72. The van der Waals surface area contributed by atoms with E-state index in [1.807, 2.05) is 24.3 Å². The Balaban J connectivity index is 1.39. The number of rotatable bonds is 11. The van der Waals surface area contributed by atoms with Crippen molar-refractivity contribution in [2.24, 2.45) is 0 Å². The molecule has 3 rings (SSSR count). The summed E-state index contributed by atoms with van der Waals surface area (Å²) < 4.78 is 11.9. The van der Waals surface area contributed by atoms with Gasteiger partial charge in [-0.25, -0.2) is 0 Å². The SMILES string of the molecule is CCCCC1CN(CCC(=O)NCCCOc2cccnc2)Cc2ccccc2O1. The van der Waals surface area contributed by atoms with Gasteiger partial charge in [-0.05, 0) is 37.5 Å². The third-order valence-electron chi connectivity index (χ3n) is 5.20. The van der Waals surface area contributed by atoms with Crippen molar-refractivity contribution in [1.82, 2.24) is 15.2 Å². The molecule has 1 aromatic heterocycles. The average Bonchev–Trinajstić information content (AvgIpc) is 2.95. The molecule has 6 nitrogen and oxygen atoms in total. The minimum absolute atomic E-state index is 0.0833. The summed E-state index contributed by atoms with van der Waals surface area (Å²) in [4.78, 5) is 18.6. The van der Waals surface area contributed by atoms with E-state index in [0.717, 1.165) is 56.8 Å². The highest BCUT2D eigenvalue weighted by molar-refractivity contribution is 5.76. The number of unbranched alkanes of at least 4 members (excludes halogenated alkanes) is 1. The highest BCUT2D eigenvalue weighted by Gasteiger charge is 2.22. The third-order valence-corrected chi connectivity index (χ3v) is 5.20. The number of carbonyl (C=O) groups is 1. The zero-order valence-corrected chi connectivity index (χ0v) is 17.9. The van der Waals surface area contributed by atoms with E-state index in [4.69, 9.17) is 9.47 Å². The molecule has 0 fully saturated rings. The van der Waals surface area contributed by atoms with E-state index in [-0.39, 0.29) is 12.0 Å². The smallest absolute Gasteiger partial charge is 0.221 e. The van der Waals surface area contributed by atoms with Crippen LogP contribution in [0.5, 0.6) is 11.5 Å². The van der Waals surface area contributed by atoms with Crippen LogP contribution in [0.25, 0.3) is 0 Å². The van der Waals surface area contributed by atoms with Crippen LogP contribution in [0.15, 0.2) is 48.8 Å². The summed E-state index contributed by atoms with van der Waals surface area (Å²) in [5.74, 6) is 1.82. The van der Waals surface area contributed by atoms with Crippen molar-refractivity contribution < 1.29 is 14.3 Å². The molecule has 1 N–H and O–H groups in total. The number of para-hydroxylation sites is 1. The van der Waals surface area contributed by atoms with Crippen LogP contribution in [0.4, 0.5) is 0 Å². The molecule has 1 atom stereocenters. The number of pyridine rings is 1. The predicted octanol–water partition coefficient (Wildman–Crippen LogP) is 3.81. The first-order valence-corrected chi connectivity index (χ1v) is 11.0. The van der Waals surface area contributed by atoms with E-state index in [0.29, 0.717) is 19.6 Å². The maximum Gasteiger partial charge on any atom is 0.221 e. The molecule has 1 aliphatic rings. The molecule has 1 aliphatic heterocycles. The number of fused-ring (bicyclic) bond motifs is 1. The standard InChI is InChI=1S/C24H33N3O3/c1-2-3-9-22-19-27(18-20-8-4-5-11-23(20)30-22)15-12-24(28)26-14-7-16-29-21-10-6-13-25-17-21/h4-6,8,10-11,13,17,22H,2-3,7,9,12,14-16,18-19H2,1H3,(H,26,28). The Kier molecular flexibility index (Phi) is 8.97. The molecular weight excluding hydrogens is 378 g/mol. The van der Waals surface area contributed by atoms with Crippen LogP contribution in [-0.4, -0.2) is 48.1 Å². The minimum atomic E-state index is 0.0833. The minimum Gasteiger partial charge on any atom is -0.492 e. The number of benzene rings is 1. The lowest BCUT2D eigenvalue weighted by atomic mass is 10.1. The number of nitrogens with one attached hydrogen (secondary N) is 1. The van der Waals surface area contributed by atoms with Crippen LogP contribution >= 0.6 is 0 Å². The molecule has 6 heteroatoms. The third kappa shape index (κ3) is 7.34. The molecule has 2 aromatic rings. The van der Waals surface area contributed by atoms with E-state index in [1.54, 1.807) is 12.4 Å². The summed E-state index contributed by atoms with van der Waals surface area (Å²) in [5.41, 5.74) is 1.20. The summed E-state index contributed by atoms with van der Waals surface area (Å²) in [6.07, 6.45) is 8.21. The van der Waals surface area contributed by atoms with Gasteiger partial charge >= 0.3 is 0 Å². The van der Waals surface area contributed by atoms with Gasteiger partial charge in [-0.1, -0.05) is 31.5 Å². The Bertz CT molecular complexity index is 769. The average molecular weight is 412 g/mol. The summed E-state index contributed by atoms with van der Waals surface area (Å²) >= 11 is 0. The summed E-state index contributed by atoms with van der Waals surface area (Å²) in [7, 11) is 0. The lowest BCUT2D eigenvalue weighted by Gasteiger charge is -2.23. The first-order chi connectivity index (χ1) is 14.7. The molecule has 1 unspecified atom stereocenters. The van der Waals surface area contributed by atoms with Crippen molar-refractivity contribution in [3.05, 3.63) is 54.4 Å². The largest absolute Gasteiger partial charge is 0.492 e. The normalized spacial score (nSPS) is 16.2. The maximum atomic E-state index is 12.3. The maximum absolute atomic E-state index is 12.3. The van der Waals surface area contributed by atoms with Crippen molar-refractivity contribution >= 4 is 5.91 Å². The molecule has 1 amide bonds. The fraction of sp³-hybridized carbons (Fsp3) is 0.500. The molecule has 30 heavy (non-hydrogen) atoms. The van der Waals surface area contributed by atoms with E-state index in [1.165, 1.54) is 5.56 Å². The second kappa shape index (κ2) is 12.2. The fourth-order valence-electron chi connectivity index (χ4n) is 3.58. The van der Waals surface area contributed by atoms with Crippen molar-refractivity contribution in [2.45, 2.75) is 51.7 Å². The number of ether oxygens (including phenoxy) is 2. The first kappa shape index (κ1) is 22.1. The van der Waals surface area contributed by atoms with Crippen molar-refractivity contribution in [1.29, 1.82) is 0 Å². The van der Waals surface area contributed by atoms with Gasteiger partial charge < -0.3 is 14.8 Å². The van der Waals surface area contributed by atoms with Gasteiger partial charge in [0, 0.05) is 44.4 Å². The first-order valence-electron chi connectivity index (χ1n) is 11.0.